The van der Waals surface area contributed by atoms with Crippen molar-refractivity contribution in [1.29, 1.82) is 0 Å². The van der Waals surface area contributed by atoms with Crippen LogP contribution in [0.25, 0.3) is 0 Å². The molecule has 152 valence electrons. The highest BCUT2D eigenvalue weighted by molar-refractivity contribution is 8.00. The molecule has 2 heterocycles. The summed E-state index contributed by atoms with van der Waals surface area (Å²) in [5.41, 5.74) is 0. The van der Waals surface area contributed by atoms with Gasteiger partial charge in [-0.1, -0.05) is 12.8 Å². The van der Waals surface area contributed by atoms with Gasteiger partial charge in [-0.3, -0.25) is 19.7 Å². The van der Waals surface area contributed by atoms with Gasteiger partial charge in [-0.2, -0.15) is 0 Å². The van der Waals surface area contributed by atoms with E-state index in [1.807, 2.05) is 6.92 Å². The Hall–Kier alpha value is -1.28. The maximum atomic E-state index is 12.9. The van der Waals surface area contributed by atoms with Gasteiger partial charge in [-0.05, 0) is 45.1 Å². The number of piperidine rings is 1. The number of fused-ring (bicyclic) bond motifs is 1. The Labute approximate surface area is 165 Å². The van der Waals surface area contributed by atoms with Crippen molar-refractivity contribution in [2.45, 2.75) is 69.2 Å². The monoisotopic (exact) mass is 397 g/mol. The first-order valence-electron chi connectivity index (χ1n) is 10.1. The predicted octanol–water partition coefficient (Wildman–Crippen LogP) is 1.38. The minimum atomic E-state index is -0.253. The van der Waals surface area contributed by atoms with Crippen molar-refractivity contribution in [3.63, 3.8) is 0 Å². The molecule has 3 N–H and O–H groups in total. The fraction of sp³-hybridized carbons (Fsp3) is 0.842. The lowest BCUT2D eigenvalue weighted by Gasteiger charge is -2.31. The van der Waals surface area contributed by atoms with Crippen LogP contribution in [0.4, 0.5) is 0 Å². The Morgan fingerprint density at radius 3 is 2.67 bits per heavy atom. The molecule has 0 radical (unpaired) electrons. The van der Waals surface area contributed by atoms with Crippen molar-refractivity contribution in [1.82, 2.24) is 16.0 Å². The Kier molecular flexibility index (Phi) is 7.03. The lowest BCUT2D eigenvalue weighted by molar-refractivity contribution is -0.150. The van der Waals surface area contributed by atoms with E-state index < -0.39 is 0 Å². The quantitative estimate of drug-likeness (QED) is 0.607. The molecule has 1 saturated carbocycles. The molecule has 0 aromatic heterocycles. The molecule has 3 aliphatic rings. The number of hydrogen-bond donors (Lipinski definition) is 3. The molecule has 2 amide bonds. The molecule has 0 bridgehead atoms. The fourth-order valence-electron chi connectivity index (χ4n) is 4.63. The number of ether oxygens (including phenoxy) is 1. The summed E-state index contributed by atoms with van der Waals surface area (Å²) in [5.74, 6) is -0.408. The molecule has 27 heavy (non-hydrogen) atoms. The van der Waals surface area contributed by atoms with Crippen molar-refractivity contribution in [3.05, 3.63) is 0 Å². The van der Waals surface area contributed by atoms with Crippen LogP contribution in [0.5, 0.6) is 0 Å². The van der Waals surface area contributed by atoms with Gasteiger partial charge in [-0.15, -0.1) is 11.8 Å². The first-order valence-corrected chi connectivity index (χ1v) is 11.1. The van der Waals surface area contributed by atoms with Crippen molar-refractivity contribution in [3.8, 4) is 0 Å². The van der Waals surface area contributed by atoms with Gasteiger partial charge in [-0.25, -0.2) is 0 Å². The van der Waals surface area contributed by atoms with E-state index in [-0.39, 0.29) is 41.2 Å². The fourth-order valence-corrected chi connectivity index (χ4v) is 6.49. The topological polar surface area (TPSA) is 96.5 Å². The molecular formula is C19H31N3O4S. The summed E-state index contributed by atoms with van der Waals surface area (Å²) in [7, 11) is 0. The zero-order valence-corrected chi connectivity index (χ0v) is 17.0. The Morgan fingerprint density at radius 1 is 1.15 bits per heavy atom. The van der Waals surface area contributed by atoms with Crippen LogP contribution in [0.2, 0.25) is 0 Å². The molecule has 3 rings (SSSR count). The summed E-state index contributed by atoms with van der Waals surface area (Å²) in [6, 6.07) is 0. The average Bonchev–Trinajstić information content (AvgIpc) is 2.99. The number of esters is 1. The largest absolute Gasteiger partial charge is 0.466 e. The third kappa shape index (κ3) is 4.96. The summed E-state index contributed by atoms with van der Waals surface area (Å²) < 4.78 is 5.33. The van der Waals surface area contributed by atoms with Gasteiger partial charge < -0.3 is 15.4 Å². The second-order valence-corrected chi connectivity index (χ2v) is 9.14. The molecule has 6 atom stereocenters. The van der Waals surface area contributed by atoms with Gasteiger partial charge in [0.1, 0.15) is 0 Å². The normalized spacial score (nSPS) is 35.8. The molecule has 6 unspecified atom stereocenters. The average molecular weight is 398 g/mol. The molecule has 3 fully saturated rings. The lowest BCUT2D eigenvalue weighted by atomic mass is 9.79. The van der Waals surface area contributed by atoms with E-state index >= 15 is 0 Å². The summed E-state index contributed by atoms with van der Waals surface area (Å²) >= 11 is 1.74. The predicted molar refractivity (Wildman–Crippen MR) is 104 cm³/mol. The highest BCUT2D eigenvalue weighted by Gasteiger charge is 2.50. The van der Waals surface area contributed by atoms with Crippen LogP contribution in [0.15, 0.2) is 0 Å². The SMILES string of the molecule is CCOC(=O)C1C(NC(=O)C2CCNC(NC(C)=O)C2)SC2CCCCC21. The summed E-state index contributed by atoms with van der Waals surface area (Å²) in [6.07, 6.45) is 5.60. The third-order valence-electron chi connectivity index (χ3n) is 5.86. The second kappa shape index (κ2) is 9.28. The molecule has 0 aromatic carbocycles. The third-order valence-corrected chi connectivity index (χ3v) is 7.50. The highest BCUT2D eigenvalue weighted by atomic mass is 32.2. The zero-order chi connectivity index (χ0) is 19.4. The lowest BCUT2D eigenvalue weighted by Crippen LogP contribution is -2.53. The van der Waals surface area contributed by atoms with Crippen LogP contribution in [-0.2, 0) is 19.1 Å². The number of amides is 2. The summed E-state index contributed by atoms with van der Waals surface area (Å²) in [6.45, 7) is 4.35. The van der Waals surface area contributed by atoms with Gasteiger partial charge >= 0.3 is 5.97 Å². The standard InChI is InChI=1S/C19H31N3O4S/c1-3-26-19(25)16-13-6-4-5-7-14(13)27-18(16)22-17(24)12-8-9-20-15(10-12)21-11(2)23/h12-16,18,20H,3-10H2,1-2H3,(H,21,23)(H,22,24). The number of nitrogens with one attached hydrogen (secondary N) is 3. The van der Waals surface area contributed by atoms with Crippen LogP contribution in [0.3, 0.4) is 0 Å². The molecular weight excluding hydrogens is 366 g/mol. The smallest absolute Gasteiger partial charge is 0.312 e. The maximum Gasteiger partial charge on any atom is 0.312 e. The van der Waals surface area contributed by atoms with Crippen molar-refractivity contribution in [2.24, 2.45) is 17.8 Å². The van der Waals surface area contributed by atoms with Crippen LogP contribution < -0.4 is 16.0 Å². The van der Waals surface area contributed by atoms with Crippen LogP contribution in [-0.4, -0.2) is 47.7 Å². The van der Waals surface area contributed by atoms with E-state index in [4.69, 9.17) is 4.74 Å². The van der Waals surface area contributed by atoms with Crippen molar-refractivity contribution >= 4 is 29.5 Å². The van der Waals surface area contributed by atoms with E-state index in [1.165, 1.54) is 13.3 Å². The molecule has 0 aromatic rings. The summed E-state index contributed by atoms with van der Waals surface area (Å²) in [4.78, 5) is 36.8. The number of carbonyl (C=O) groups excluding carboxylic acids is 3. The van der Waals surface area contributed by atoms with E-state index in [1.54, 1.807) is 11.8 Å². The Bertz CT molecular complexity index is 573. The highest BCUT2D eigenvalue weighted by Crippen LogP contribution is 2.49. The first kappa shape index (κ1) is 20.5. The summed E-state index contributed by atoms with van der Waals surface area (Å²) in [5, 5.41) is 9.43. The number of hydrogen-bond acceptors (Lipinski definition) is 6. The Balaban J connectivity index is 1.64. The van der Waals surface area contributed by atoms with Crippen molar-refractivity contribution < 1.29 is 19.1 Å². The minimum absolute atomic E-state index is 0.0164. The molecule has 8 heteroatoms. The minimum Gasteiger partial charge on any atom is -0.466 e. The van der Waals surface area contributed by atoms with Gasteiger partial charge in [0.05, 0.1) is 24.1 Å². The van der Waals surface area contributed by atoms with E-state index in [9.17, 15) is 14.4 Å². The van der Waals surface area contributed by atoms with Crippen LogP contribution in [0.1, 0.15) is 52.4 Å². The maximum absolute atomic E-state index is 12.9. The van der Waals surface area contributed by atoms with Gasteiger partial charge in [0, 0.05) is 18.1 Å². The first-order chi connectivity index (χ1) is 13.0. The van der Waals surface area contributed by atoms with Crippen molar-refractivity contribution in [2.75, 3.05) is 13.2 Å². The molecule has 7 nitrogen and oxygen atoms in total. The van der Waals surface area contributed by atoms with E-state index in [0.717, 1.165) is 25.7 Å². The number of carbonyl (C=O) groups is 3. The van der Waals surface area contributed by atoms with E-state index in [2.05, 4.69) is 16.0 Å². The molecule has 0 spiro atoms. The van der Waals surface area contributed by atoms with Crippen LogP contribution >= 0.6 is 11.8 Å². The van der Waals surface area contributed by atoms with Gasteiger partial charge in [0.25, 0.3) is 0 Å². The number of rotatable bonds is 5. The molecule has 2 saturated heterocycles. The van der Waals surface area contributed by atoms with Gasteiger partial charge in [0.15, 0.2) is 0 Å². The van der Waals surface area contributed by atoms with Gasteiger partial charge in [0.2, 0.25) is 11.8 Å². The van der Waals surface area contributed by atoms with Crippen LogP contribution in [0, 0.1) is 17.8 Å². The number of thioether (sulfide) groups is 1. The molecule has 2 aliphatic heterocycles. The second-order valence-electron chi connectivity index (χ2n) is 7.76. The van der Waals surface area contributed by atoms with E-state index in [0.29, 0.717) is 30.7 Å². The molecule has 1 aliphatic carbocycles. The Morgan fingerprint density at radius 2 is 1.93 bits per heavy atom. The zero-order valence-electron chi connectivity index (χ0n) is 16.2.